The largest absolute Gasteiger partial charge is 0.396 e. The van der Waals surface area contributed by atoms with E-state index in [1.165, 1.54) is 11.1 Å². The van der Waals surface area contributed by atoms with Crippen LogP contribution in [0.2, 0.25) is 0 Å². The van der Waals surface area contributed by atoms with Crippen LogP contribution in [0.25, 0.3) is 0 Å². The highest BCUT2D eigenvalue weighted by Gasteiger charge is 2.34. The van der Waals surface area contributed by atoms with Crippen LogP contribution < -0.4 is 5.32 Å². The molecule has 0 aromatic heterocycles. The van der Waals surface area contributed by atoms with E-state index in [1.54, 1.807) is 0 Å². The van der Waals surface area contributed by atoms with Crippen LogP contribution in [0.15, 0.2) is 24.3 Å². The number of hydrogen-bond acceptors (Lipinski definition) is 2. The molecule has 1 unspecified atom stereocenters. The minimum absolute atomic E-state index is 0.0907. The highest BCUT2D eigenvalue weighted by atomic mass is 16.3. The third-order valence-corrected chi connectivity index (χ3v) is 3.05. The zero-order valence-electron chi connectivity index (χ0n) is 8.75. The number of nitrogens with one attached hydrogen (secondary N) is 1. The monoisotopic (exact) mass is 191 g/mol. The number of aliphatic hydroxyl groups is 1. The third-order valence-electron chi connectivity index (χ3n) is 3.05. The van der Waals surface area contributed by atoms with Gasteiger partial charge in [0.15, 0.2) is 0 Å². The van der Waals surface area contributed by atoms with Crippen molar-refractivity contribution >= 4 is 0 Å². The Bertz CT molecular complexity index is 333. The van der Waals surface area contributed by atoms with Crippen molar-refractivity contribution in [1.29, 1.82) is 0 Å². The molecule has 76 valence electrons. The lowest BCUT2D eigenvalue weighted by Crippen LogP contribution is -2.32. The average Bonchev–Trinajstić information content (AvgIpc) is 2.61. The van der Waals surface area contributed by atoms with E-state index in [2.05, 4.69) is 43.4 Å². The summed E-state index contributed by atoms with van der Waals surface area (Å²) in [5.74, 6) is 0. The molecule has 0 saturated heterocycles. The van der Waals surface area contributed by atoms with Crippen LogP contribution in [-0.2, 0) is 6.54 Å². The van der Waals surface area contributed by atoms with Gasteiger partial charge in [0, 0.05) is 24.6 Å². The molecule has 2 N–H and O–H groups in total. The minimum Gasteiger partial charge on any atom is -0.396 e. The van der Waals surface area contributed by atoms with Crippen molar-refractivity contribution in [2.45, 2.75) is 26.4 Å². The van der Waals surface area contributed by atoms with Gasteiger partial charge in [-0.25, -0.2) is 0 Å². The summed E-state index contributed by atoms with van der Waals surface area (Å²) >= 11 is 0. The summed E-state index contributed by atoms with van der Waals surface area (Å²) in [5.41, 5.74) is 2.61. The van der Waals surface area contributed by atoms with Crippen LogP contribution in [0.4, 0.5) is 0 Å². The van der Waals surface area contributed by atoms with Gasteiger partial charge in [0.25, 0.3) is 0 Å². The standard InChI is InChI=1S/C12H17NO/c1-12(2,8-14)11-10-6-4-3-5-9(10)7-13-11/h3-6,11,13-14H,7-8H2,1-2H3. The highest BCUT2D eigenvalue weighted by molar-refractivity contribution is 5.35. The Kier molecular flexibility index (Phi) is 2.33. The fourth-order valence-corrected chi connectivity index (χ4v) is 2.09. The van der Waals surface area contributed by atoms with E-state index in [9.17, 15) is 5.11 Å². The summed E-state index contributed by atoms with van der Waals surface area (Å²) < 4.78 is 0. The summed E-state index contributed by atoms with van der Waals surface area (Å²) in [4.78, 5) is 0. The van der Waals surface area contributed by atoms with Crippen molar-refractivity contribution in [2.75, 3.05) is 6.61 Å². The van der Waals surface area contributed by atoms with Crippen LogP contribution in [0.3, 0.4) is 0 Å². The van der Waals surface area contributed by atoms with Gasteiger partial charge in [0.05, 0.1) is 0 Å². The Balaban J connectivity index is 2.35. The minimum atomic E-state index is -0.0907. The summed E-state index contributed by atoms with van der Waals surface area (Å²) in [7, 11) is 0. The number of hydrogen-bond donors (Lipinski definition) is 2. The van der Waals surface area contributed by atoms with Gasteiger partial charge in [-0.05, 0) is 11.1 Å². The molecule has 0 aliphatic carbocycles. The maximum Gasteiger partial charge on any atom is 0.0500 e. The molecular formula is C12H17NO. The molecule has 14 heavy (non-hydrogen) atoms. The van der Waals surface area contributed by atoms with Crippen molar-refractivity contribution in [3.05, 3.63) is 35.4 Å². The van der Waals surface area contributed by atoms with Crippen molar-refractivity contribution < 1.29 is 5.11 Å². The van der Waals surface area contributed by atoms with E-state index in [4.69, 9.17) is 0 Å². The van der Waals surface area contributed by atoms with Gasteiger partial charge in [-0.15, -0.1) is 0 Å². The maximum atomic E-state index is 9.34. The summed E-state index contributed by atoms with van der Waals surface area (Å²) in [6.45, 7) is 5.31. The molecule has 1 aromatic carbocycles. The molecule has 0 fully saturated rings. The van der Waals surface area contributed by atoms with E-state index in [1.807, 2.05) is 0 Å². The molecule has 0 bridgehead atoms. The number of benzene rings is 1. The first-order chi connectivity index (χ1) is 6.65. The first-order valence-corrected chi connectivity index (χ1v) is 5.07. The molecule has 2 heteroatoms. The summed E-state index contributed by atoms with van der Waals surface area (Å²) in [5, 5.41) is 12.8. The van der Waals surface area contributed by atoms with E-state index >= 15 is 0 Å². The highest BCUT2D eigenvalue weighted by Crippen LogP contribution is 2.38. The molecule has 0 saturated carbocycles. The van der Waals surface area contributed by atoms with Gasteiger partial charge >= 0.3 is 0 Å². The lowest BCUT2D eigenvalue weighted by atomic mass is 9.82. The molecule has 1 aromatic rings. The molecule has 0 spiro atoms. The van der Waals surface area contributed by atoms with E-state index in [0.717, 1.165) is 6.54 Å². The molecular weight excluding hydrogens is 174 g/mol. The molecule has 0 amide bonds. The summed E-state index contributed by atoms with van der Waals surface area (Å²) in [6, 6.07) is 8.71. The van der Waals surface area contributed by atoms with E-state index in [0.29, 0.717) is 0 Å². The summed E-state index contributed by atoms with van der Waals surface area (Å²) in [6.07, 6.45) is 0. The number of aliphatic hydroxyl groups excluding tert-OH is 1. The Hall–Kier alpha value is -0.860. The van der Waals surface area contributed by atoms with E-state index in [-0.39, 0.29) is 18.1 Å². The van der Waals surface area contributed by atoms with Crippen molar-refractivity contribution in [1.82, 2.24) is 5.32 Å². The predicted octanol–water partition coefficient (Wildman–Crippen LogP) is 1.85. The van der Waals surface area contributed by atoms with Gasteiger partial charge in [0.1, 0.15) is 0 Å². The van der Waals surface area contributed by atoms with Gasteiger partial charge in [-0.3, -0.25) is 0 Å². The van der Waals surface area contributed by atoms with Crippen LogP contribution in [0.5, 0.6) is 0 Å². The lowest BCUT2D eigenvalue weighted by molar-refractivity contribution is 0.120. The van der Waals surface area contributed by atoms with Gasteiger partial charge in [-0.2, -0.15) is 0 Å². The van der Waals surface area contributed by atoms with Crippen molar-refractivity contribution in [2.24, 2.45) is 5.41 Å². The Morgan fingerprint density at radius 3 is 2.86 bits per heavy atom. The molecule has 0 radical (unpaired) electrons. The van der Waals surface area contributed by atoms with Crippen LogP contribution >= 0.6 is 0 Å². The fourth-order valence-electron chi connectivity index (χ4n) is 2.09. The van der Waals surface area contributed by atoms with Gasteiger partial charge < -0.3 is 10.4 Å². The Morgan fingerprint density at radius 2 is 2.14 bits per heavy atom. The molecule has 1 aliphatic heterocycles. The molecule has 1 atom stereocenters. The molecule has 1 heterocycles. The number of rotatable bonds is 2. The van der Waals surface area contributed by atoms with Gasteiger partial charge in [0.2, 0.25) is 0 Å². The first-order valence-electron chi connectivity index (χ1n) is 5.07. The maximum absolute atomic E-state index is 9.34. The lowest BCUT2D eigenvalue weighted by Gasteiger charge is -2.30. The average molecular weight is 191 g/mol. The van der Waals surface area contributed by atoms with Crippen LogP contribution in [0, 0.1) is 5.41 Å². The zero-order chi connectivity index (χ0) is 10.2. The van der Waals surface area contributed by atoms with Gasteiger partial charge in [-0.1, -0.05) is 38.1 Å². The van der Waals surface area contributed by atoms with Crippen molar-refractivity contribution in [3.8, 4) is 0 Å². The topological polar surface area (TPSA) is 32.3 Å². The smallest absolute Gasteiger partial charge is 0.0500 e. The third kappa shape index (κ3) is 1.45. The second-order valence-electron chi connectivity index (χ2n) is 4.66. The van der Waals surface area contributed by atoms with Crippen LogP contribution in [0.1, 0.15) is 31.0 Å². The fraction of sp³-hybridized carbons (Fsp3) is 0.500. The first kappa shape index (κ1) is 9.69. The SMILES string of the molecule is CC(C)(CO)C1NCc2ccccc21. The number of fused-ring (bicyclic) bond motifs is 1. The Morgan fingerprint density at radius 1 is 1.43 bits per heavy atom. The second-order valence-corrected chi connectivity index (χ2v) is 4.66. The zero-order valence-corrected chi connectivity index (χ0v) is 8.75. The molecule has 2 nitrogen and oxygen atoms in total. The predicted molar refractivity (Wildman–Crippen MR) is 56.9 cm³/mol. The van der Waals surface area contributed by atoms with Crippen LogP contribution in [-0.4, -0.2) is 11.7 Å². The Labute approximate surface area is 85.0 Å². The van der Waals surface area contributed by atoms with Crippen molar-refractivity contribution in [3.63, 3.8) is 0 Å². The van der Waals surface area contributed by atoms with E-state index < -0.39 is 0 Å². The quantitative estimate of drug-likeness (QED) is 0.747. The molecule has 1 aliphatic rings. The normalized spacial score (nSPS) is 20.9. The second kappa shape index (κ2) is 3.37. The molecule has 2 rings (SSSR count).